The van der Waals surface area contributed by atoms with Crippen LogP contribution >= 0.6 is 0 Å². The SMILES string of the molecule is CCOC(C1CC1)C(CC1CCC1)NN. The Morgan fingerprint density at radius 2 is 2.07 bits per heavy atom. The van der Waals surface area contributed by atoms with Gasteiger partial charge in [0.2, 0.25) is 0 Å². The molecule has 0 radical (unpaired) electrons. The maximum absolute atomic E-state index is 5.85. The van der Waals surface area contributed by atoms with Gasteiger partial charge in [0.15, 0.2) is 0 Å². The molecule has 0 amide bonds. The van der Waals surface area contributed by atoms with Crippen molar-refractivity contribution in [3.8, 4) is 0 Å². The van der Waals surface area contributed by atoms with Crippen molar-refractivity contribution in [3.05, 3.63) is 0 Å². The molecule has 2 aliphatic rings. The molecule has 2 fully saturated rings. The number of rotatable bonds is 7. The molecule has 0 bridgehead atoms. The summed E-state index contributed by atoms with van der Waals surface area (Å²) in [5, 5.41) is 0. The van der Waals surface area contributed by atoms with E-state index >= 15 is 0 Å². The third kappa shape index (κ3) is 2.92. The summed E-state index contributed by atoms with van der Waals surface area (Å²) >= 11 is 0. The minimum absolute atomic E-state index is 0.362. The molecule has 0 aromatic heterocycles. The molecule has 2 atom stereocenters. The van der Waals surface area contributed by atoms with Crippen LogP contribution in [0.3, 0.4) is 0 Å². The second-order valence-electron chi connectivity index (χ2n) is 5.06. The summed E-state index contributed by atoms with van der Waals surface area (Å²) in [5.41, 5.74) is 2.98. The second-order valence-corrected chi connectivity index (χ2v) is 5.06. The molecular weight excluding hydrogens is 188 g/mol. The fourth-order valence-electron chi connectivity index (χ4n) is 2.58. The molecule has 2 aliphatic carbocycles. The van der Waals surface area contributed by atoms with Crippen molar-refractivity contribution in [2.24, 2.45) is 17.7 Å². The van der Waals surface area contributed by atoms with Gasteiger partial charge in [-0.15, -0.1) is 0 Å². The molecule has 0 saturated heterocycles. The third-order valence-electron chi connectivity index (χ3n) is 3.87. The Morgan fingerprint density at radius 3 is 2.47 bits per heavy atom. The van der Waals surface area contributed by atoms with Gasteiger partial charge in [0.1, 0.15) is 0 Å². The van der Waals surface area contributed by atoms with Gasteiger partial charge < -0.3 is 4.74 Å². The molecular formula is C12H24N2O. The Hall–Kier alpha value is -0.120. The molecule has 3 N–H and O–H groups in total. The van der Waals surface area contributed by atoms with E-state index in [0.29, 0.717) is 12.1 Å². The van der Waals surface area contributed by atoms with E-state index in [9.17, 15) is 0 Å². The Kier molecular flexibility index (Phi) is 4.00. The smallest absolute Gasteiger partial charge is 0.0769 e. The van der Waals surface area contributed by atoms with Gasteiger partial charge in [-0.1, -0.05) is 19.3 Å². The quantitative estimate of drug-likeness (QED) is 0.500. The van der Waals surface area contributed by atoms with Gasteiger partial charge in [0.05, 0.1) is 6.10 Å². The van der Waals surface area contributed by atoms with Crippen LogP contribution in [0.25, 0.3) is 0 Å². The van der Waals surface area contributed by atoms with Crippen LogP contribution in [0.1, 0.15) is 45.4 Å². The first-order valence-corrected chi connectivity index (χ1v) is 6.42. The second kappa shape index (κ2) is 5.28. The van der Waals surface area contributed by atoms with Crippen LogP contribution in [0.5, 0.6) is 0 Å². The zero-order valence-electron chi connectivity index (χ0n) is 9.74. The number of nitrogens with two attached hydrogens (primary N) is 1. The number of ether oxygens (including phenoxy) is 1. The molecule has 0 aliphatic heterocycles. The predicted octanol–water partition coefficient (Wildman–Crippen LogP) is 1.82. The molecule has 3 heteroatoms. The lowest BCUT2D eigenvalue weighted by molar-refractivity contribution is 0.00914. The largest absolute Gasteiger partial charge is 0.377 e. The molecule has 0 spiro atoms. The average Bonchev–Trinajstić information content (AvgIpc) is 2.97. The molecule has 88 valence electrons. The zero-order chi connectivity index (χ0) is 10.7. The van der Waals surface area contributed by atoms with E-state index in [0.717, 1.165) is 18.4 Å². The first-order valence-electron chi connectivity index (χ1n) is 6.42. The van der Waals surface area contributed by atoms with Crippen molar-refractivity contribution < 1.29 is 4.74 Å². The van der Waals surface area contributed by atoms with Gasteiger partial charge in [-0.25, -0.2) is 0 Å². The maximum atomic E-state index is 5.85. The highest BCUT2D eigenvalue weighted by atomic mass is 16.5. The molecule has 2 saturated carbocycles. The minimum atomic E-state index is 0.362. The highest BCUT2D eigenvalue weighted by Crippen LogP contribution is 2.39. The Balaban J connectivity index is 1.82. The molecule has 0 aromatic rings. The topological polar surface area (TPSA) is 47.3 Å². The Labute approximate surface area is 92.7 Å². The van der Waals surface area contributed by atoms with Crippen LogP contribution in [0.4, 0.5) is 0 Å². The standard InChI is InChI=1S/C12H24N2O/c1-2-15-12(10-6-7-10)11(14-13)8-9-4-3-5-9/h9-12,14H,2-8,13H2,1H3. The Bertz CT molecular complexity index is 190. The van der Waals surface area contributed by atoms with Gasteiger partial charge in [-0.3, -0.25) is 11.3 Å². The van der Waals surface area contributed by atoms with E-state index in [4.69, 9.17) is 10.6 Å². The number of hydrogen-bond donors (Lipinski definition) is 2. The van der Waals surface area contributed by atoms with Gasteiger partial charge in [0, 0.05) is 12.6 Å². The summed E-state index contributed by atoms with van der Waals surface area (Å²) in [6, 6.07) is 0.378. The Morgan fingerprint density at radius 1 is 1.33 bits per heavy atom. The van der Waals surface area contributed by atoms with Crippen molar-refractivity contribution in [1.82, 2.24) is 5.43 Å². The fraction of sp³-hybridized carbons (Fsp3) is 1.00. The summed E-state index contributed by atoms with van der Waals surface area (Å²) in [4.78, 5) is 0. The summed E-state index contributed by atoms with van der Waals surface area (Å²) in [7, 11) is 0. The third-order valence-corrected chi connectivity index (χ3v) is 3.87. The number of hydrogen-bond acceptors (Lipinski definition) is 3. The summed E-state index contributed by atoms with van der Waals surface area (Å²) in [6.07, 6.45) is 8.41. The van der Waals surface area contributed by atoms with Crippen LogP contribution in [0.2, 0.25) is 0 Å². The monoisotopic (exact) mass is 212 g/mol. The normalized spacial score (nSPS) is 26.0. The van der Waals surface area contributed by atoms with Crippen LogP contribution < -0.4 is 11.3 Å². The summed E-state index contributed by atoms with van der Waals surface area (Å²) < 4.78 is 5.85. The van der Waals surface area contributed by atoms with E-state index in [-0.39, 0.29) is 0 Å². The van der Waals surface area contributed by atoms with Crippen molar-refractivity contribution in [3.63, 3.8) is 0 Å². The zero-order valence-corrected chi connectivity index (χ0v) is 9.74. The molecule has 15 heavy (non-hydrogen) atoms. The molecule has 0 heterocycles. The first kappa shape index (κ1) is 11.4. The highest BCUT2D eigenvalue weighted by Gasteiger charge is 2.38. The van der Waals surface area contributed by atoms with Crippen LogP contribution in [0, 0.1) is 11.8 Å². The molecule has 2 unspecified atom stereocenters. The summed E-state index contributed by atoms with van der Waals surface area (Å²) in [5.74, 6) is 7.33. The maximum Gasteiger partial charge on any atom is 0.0769 e. The van der Waals surface area contributed by atoms with Crippen molar-refractivity contribution in [1.29, 1.82) is 0 Å². The van der Waals surface area contributed by atoms with Crippen LogP contribution in [-0.2, 0) is 4.74 Å². The van der Waals surface area contributed by atoms with Crippen LogP contribution in [0.15, 0.2) is 0 Å². The number of hydrazine groups is 1. The molecule has 2 rings (SSSR count). The van der Waals surface area contributed by atoms with Crippen molar-refractivity contribution >= 4 is 0 Å². The lowest BCUT2D eigenvalue weighted by Gasteiger charge is -2.33. The van der Waals surface area contributed by atoms with E-state index < -0.39 is 0 Å². The van der Waals surface area contributed by atoms with Crippen LogP contribution in [-0.4, -0.2) is 18.8 Å². The van der Waals surface area contributed by atoms with E-state index in [2.05, 4.69) is 12.3 Å². The van der Waals surface area contributed by atoms with Gasteiger partial charge in [-0.05, 0) is 38.0 Å². The van der Waals surface area contributed by atoms with Crippen molar-refractivity contribution in [2.75, 3.05) is 6.61 Å². The van der Waals surface area contributed by atoms with Gasteiger partial charge >= 0.3 is 0 Å². The predicted molar refractivity (Wildman–Crippen MR) is 61.2 cm³/mol. The minimum Gasteiger partial charge on any atom is -0.377 e. The average molecular weight is 212 g/mol. The van der Waals surface area contributed by atoms with E-state index in [1.807, 2.05) is 0 Å². The molecule has 0 aromatic carbocycles. The lowest BCUT2D eigenvalue weighted by atomic mass is 9.79. The van der Waals surface area contributed by atoms with E-state index in [1.165, 1.54) is 38.5 Å². The summed E-state index contributed by atoms with van der Waals surface area (Å²) in [6.45, 7) is 2.89. The lowest BCUT2D eigenvalue weighted by Crippen LogP contribution is -2.47. The number of nitrogens with one attached hydrogen (secondary N) is 1. The molecule has 3 nitrogen and oxygen atoms in total. The van der Waals surface area contributed by atoms with Crippen molar-refractivity contribution in [2.45, 2.75) is 57.6 Å². The first-order chi connectivity index (χ1) is 7.35. The highest BCUT2D eigenvalue weighted by molar-refractivity contribution is 4.91. The van der Waals surface area contributed by atoms with E-state index in [1.54, 1.807) is 0 Å². The fourth-order valence-corrected chi connectivity index (χ4v) is 2.58. The van der Waals surface area contributed by atoms with Gasteiger partial charge in [-0.2, -0.15) is 0 Å². The van der Waals surface area contributed by atoms with Gasteiger partial charge in [0.25, 0.3) is 0 Å².